The Hall–Kier alpha value is -4.31. The van der Waals surface area contributed by atoms with Crippen molar-refractivity contribution in [2.75, 3.05) is 6.54 Å². The first-order valence-corrected chi connectivity index (χ1v) is 9.82. The SMILES string of the molecule is N#Cc1ccccc1OCc1ccc(C(=O)NCCc2ccn(-c3ccccc3)n2)o1. The predicted molar refractivity (Wildman–Crippen MR) is 114 cm³/mol. The smallest absolute Gasteiger partial charge is 0.287 e. The first-order valence-electron chi connectivity index (χ1n) is 9.82. The molecule has 0 fully saturated rings. The maximum absolute atomic E-state index is 12.3. The largest absolute Gasteiger partial charge is 0.484 e. The average Bonchev–Trinajstić information content (AvgIpc) is 3.48. The van der Waals surface area contributed by atoms with Crippen LogP contribution in [-0.4, -0.2) is 22.2 Å². The molecule has 2 aromatic carbocycles. The Morgan fingerprint density at radius 1 is 1.06 bits per heavy atom. The van der Waals surface area contributed by atoms with Gasteiger partial charge in [-0.05, 0) is 42.5 Å². The molecule has 0 saturated carbocycles. The summed E-state index contributed by atoms with van der Waals surface area (Å²) in [7, 11) is 0. The summed E-state index contributed by atoms with van der Waals surface area (Å²) < 4.78 is 13.0. The topological polar surface area (TPSA) is 93.1 Å². The lowest BCUT2D eigenvalue weighted by molar-refractivity contribution is 0.0922. The van der Waals surface area contributed by atoms with Crippen molar-refractivity contribution in [3.8, 4) is 17.5 Å². The number of nitrogens with one attached hydrogen (secondary N) is 1. The second-order valence-electron chi connectivity index (χ2n) is 6.76. The molecular formula is C24H20N4O3. The fraction of sp³-hybridized carbons (Fsp3) is 0.125. The molecule has 1 N–H and O–H groups in total. The Bertz CT molecular complexity index is 1200. The normalized spacial score (nSPS) is 10.4. The lowest BCUT2D eigenvalue weighted by atomic mass is 10.2. The van der Waals surface area contributed by atoms with Crippen molar-refractivity contribution in [3.63, 3.8) is 0 Å². The number of aromatic nitrogens is 2. The Morgan fingerprint density at radius 3 is 2.71 bits per heavy atom. The summed E-state index contributed by atoms with van der Waals surface area (Å²) in [6, 6.07) is 24.1. The maximum Gasteiger partial charge on any atom is 0.287 e. The second kappa shape index (κ2) is 9.46. The van der Waals surface area contributed by atoms with E-state index in [4.69, 9.17) is 14.4 Å². The Balaban J connectivity index is 1.27. The highest BCUT2D eigenvalue weighted by molar-refractivity contribution is 5.91. The van der Waals surface area contributed by atoms with Crippen LogP contribution in [0.3, 0.4) is 0 Å². The summed E-state index contributed by atoms with van der Waals surface area (Å²) in [5, 5.41) is 16.5. The van der Waals surface area contributed by atoms with Gasteiger partial charge in [0.25, 0.3) is 5.91 Å². The lowest BCUT2D eigenvalue weighted by Crippen LogP contribution is -2.25. The van der Waals surface area contributed by atoms with Crippen molar-refractivity contribution in [3.05, 3.63) is 102 Å². The summed E-state index contributed by atoms with van der Waals surface area (Å²) in [6.07, 6.45) is 2.50. The molecule has 31 heavy (non-hydrogen) atoms. The zero-order valence-electron chi connectivity index (χ0n) is 16.7. The fourth-order valence-corrected chi connectivity index (χ4v) is 3.02. The van der Waals surface area contributed by atoms with Gasteiger partial charge >= 0.3 is 0 Å². The predicted octanol–water partition coefficient (Wildman–Crippen LogP) is 3.89. The number of hydrogen-bond acceptors (Lipinski definition) is 5. The molecule has 2 aromatic heterocycles. The van der Waals surface area contributed by atoms with E-state index >= 15 is 0 Å². The molecule has 0 spiro atoms. The van der Waals surface area contributed by atoms with E-state index in [1.807, 2.05) is 42.6 Å². The number of rotatable bonds is 8. The molecule has 0 unspecified atom stereocenters. The number of para-hydroxylation sites is 2. The summed E-state index contributed by atoms with van der Waals surface area (Å²) in [5.41, 5.74) is 2.32. The van der Waals surface area contributed by atoms with Gasteiger partial charge in [0.1, 0.15) is 24.2 Å². The Morgan fingerprint density at radius 2 is 1.87 bits per heavy atom. The minimum atomic E-state index is -0.300. The quantitative estimate of drug-likeness (QED) is 0.474. The number of hydrogen-bond donors (Lipinski definition) is 1. The van der Waals surface area contributed by atoms with E-state index in [1.54, 1.807) is 41.1 Å². The minimum Gasteiger partial charge on any atom is -0.484 e. The van der Waals surface area contributed by atoms with Crippen LogP contribution >= 0.6 is 0 Å². The monoisotopic (exact) mass is 412 g/mol. The number of carbonyl (C=O) groups excluding carboxylic acids is 1. The van der Waals surface area contributed by atoms with E-state index in [0.29, 0.717) is 30.0 Å². The van der Waals surface area contributed by atoms with Crippen molar-refractivity contribution in [1.82, 2.24) is 15.1 Å². The molecule has 1 amide bonds. The van der Waals surface area contributed by atoms with Crippen molar-refractivity contribution in [2.24, 2.45) is 0 Å². The highest BCUT2D eigenvalue weighted by Crippen LogP contribution is 2.19. The van der Waals surface area contributed by atoms with Gasteiger partial charge in [0.2, 0.25) is 0 Å². The van der Waals surface area contributed by atoms with E-state index in [9.17, 15) is 4.79 Å². The van der Waals surface area contributed by atoms with Crippen LogP contribution in [0, 0.1) is 11.3 Å². The molecule has 0 aliphatic rings. The number of furan rings is 1. The number of benzene rings is 2. The lowest BCUT2D eigenvalue weighted by Gasteiger charge is -2.05. The molecule has 0 aliphatic heterocycles. The summed E-state index contributed by atoms with van der Waals surface area (Å²) in [6.45, 7) is 0.565. The molecule has 7 heteroatoms. The minimum absolute atomic E-state index is 0.128. The molecular weight excluding hydrogens is 392 g/mol. The van der Waals surface area contributed by atoms with Crippen molar-refractivity contribution in [1.29, 1.82) is 5.26 Å². The molecule has 0 saturated heterocycles. The Kier molecular flexibility index (Phi) is 6.10. The molecule has 4 rings (SSSR count). The van der Waals surface area contributed by atoms with Crippen molar-refractivity contribution >= 4 is 5.91 Å². The third-order valence-electron chi connectivity index (χ3n) is 4.59. The third kappa shape index (κ3) is 5.00. The molecule has 0 radical (unpaired) electrons. The number of nitrogens with zero attached hydrogens (tertiary/aromatic N) is 3. The number of nitriles is 1. The molecule has 4 aromatic rings. The van der Waals surface area contributed by atoms with E-state index in [-0.39, 0.29) is 18.3 Å². The summed E-state index contributed by atoms with van der Waals surface area (Å²) >= 11 is 0. The van der Waals surface area contributed by atoms with Gasteiger partial charge in [-0.1, -0.05) is 30.3 Å². The molecule has 7 nitrogen and oxygen atoms in total. The van der Waals surface area contributed by atoms with E-state index in [1.165, 1.54) is 0 Å². The highest BCUT2D eigenvalue weighted by atomic mass is 16.5. The van der Waals surface area contributed by atoms with Crippen LogP contribution in [0.1, 0.15) is 27.6 Å². The zero-order chi connectivity index (χ0) is 21.5. The van der Waals surface area contributed by atoms with Gasteiger partial charge in [0.15, 0.2) is 5.76 Å². The van der Waals surface area contributed by atoms with E-state index in [2.05, 4.69) is 16.5 Å². The van der Waals surface area contributed by atoms with Crippen molar-refractivity contribution < 1.29 is 13.9 Å². The molecule has 0 atom stereocenters. The molecule has 154 valence electrons. The van der Waals surface area contributed by atoms with Gasteiger partial charge < -0.3 is 14.5 Å². The van der Waals surface area contributed by atoms with Crippen LogP contribution in [0.15, 0.2) is 83.4 Å². The van der Waals surface area contributed by atoms with Crippen molar-refractivity contribution in [2.45, 2.75) is 13.0 Å². The first kappa shape index (κ1) is 20.0. The van der Waals surface area contributed by atoms with Crippen LogP contribution in [-0.2, 0) is 13.0 Å². The maximum atomic E-state index is 12.3. The summed E-state index contributed by atoms with van der Waals surface area (Å²) in [4.78, 5) is 12.3. The average molecular weight is 412 g/mol. The first-order chi connectivity index (χ1) is 15.2. The van der Waals surface area contributed by atoms with Crippen LogP contribution in [0.5, 0.6) is 5.75 Å². The van der Waals surface area contributed by atoms with Crippen LogP contribution in [0.25, 0.3) is 5.69 Å². The molecule has 0 bridgehead atoms. The number of amides is 1. The molecule has 2 heterocycles. The fourth-order valence-electron chi connectivity index (χ4n) is 3.02. The van der Waals surface area contributed by atoms with Gasteiger partial charge in [-0.25, -0.2) is 4.68 Å². The standard InChI is InChI=1S/C24H20N4O3/c25-16-18-6-4-5-9-22(18)30-17-21-10-11-23(31-21)24(29)26-14-12-19-13-15-28(27-19)20-7-2-1-3-8-20/h1-11,13,15H,12,14,17H2,(H,26,29). The summed E-state index contributed by atoms with van der Waals surface area (Å²) in [5.74, 6) is 0.884. The number of ether oxygens (including phenoxy) is 1. The second-order valence-corrected chi connectivity index (χ2v) is 6.76. The van der Waals surface area contributed by atoms with Crippen LogP contribution < -0.4 is 10.1 Å². The number of carbonyl (C=O) groups is 1. The van der Waals surface area contributed by atoms with E-state index in [0.717, 1.165) is 11.4 Å². The highest BCUT2D eigenvalue weighted by Gasteiger charge is 2.12. The van der Waals surface area contributed by atoms with E-state index < -0.39 is 0 Å². The van der Waals surface area contributed by atoms with Crippen LogP contribution in [0.4, 0.5) is 0 Å². The zero-order valence-corrected chi connectivity index (χ0v) is 16.7. The molecule has 0 aliphatic carbocycles. The Labute approximate surface area is 179 Å². The van der Waals surface area contributed by atoms with Gasteiger partial charge in [-0.3, -0.25) is 4.79 Å². The van der Waals surface area contributed by atoms with Gasteiger partial charge in [-0.15, -0.1) is 0 Å². The van der Waals surface area contributed by atoms with Crippen LogP contribution in [0.2, 0.25) is 0 Å². The third-order valence-corrected chi connectivity index (χ3v) is 4.59. The van der Waals surface area contributed by atoms with Gasteiger partial charge in [0.05, 0.1) is 16.9 Å². The van der Waals surface area contributed by atoms with Gasteiger partial charge in [-0.2, -0.15) is 10.4 Å². The van der Waals surface area contributed by atoms with Gasteiger partial charge in [0, 0.05) is 19.2 Å².